The number of rotatable bonds is 5. The van der Waals surface area contributed by atoms with Gasteiger partial charge in [-0.15, -0.1) is 0 Å². The fraction of sp³-hybridized carbons (Fsp3) is 0.714. The number of carbonyl (C=O) groups excluding carboxylic acids is 1. The normalized spacial score (nSPS) is 10.5. The molecule has 0 radical (unpaired) electrons. The van der Waals surface area contributed by atoms with Crippen molar-refractivity contribution in [2.45, 2.75) is 19.8 Å². The molecule has 6 heteroatoms. The molecular weight excluding hydrogens is 194 g/mol. The van der Waals surface area contributed by atoms with Crippen LogP contribution < -0.4 is 0 Å². The largest absolute Gasteiger partial charge is 0.466 e. The monoisotopic (exact) mass is 205 g/mol. The zero-order valence-electron chi connectivity index (χ0n) is 7.32. The maximum absolute atomic E-state index is 10.7. The average molecular weight is 205 g/mol. The molecular formula is C7H11NO4S. The van der Waals surface area contributed by atoms with Crippen molar-refractivity contribution in [3.05, 3.63) is 0 Å². The maximum Gasteiger partial charge on any atom is 0.305 e. The van der Waals surface area contributed by atoms with Crippen LogP contribution in [0.1, 0.15) is 19.8 Å². The van der Waals surface area contributed by atoms with E-state index in [2.05, 4.69) is 4.74 Å². The molecule has 0 atom stereocenters. The lowest BCUT2D eigenvalue weighted by Crippen LogP contribution is -2.08. The van der Waals surface area contributed by atoms with Gasteiger partial charge in [0, 0.05) is 6.42 Å². The smallest absolute Gasteiger partial charge is 0.305 e. The summed E-state index contributed by atoms with van der Waals surface area (Å²) in [5.74, 6) is -0.724. The van der Waals surface area contributed by atoms with Crippen molar-refractivity contribution in [3.63, 3.8) is 0 Å². The first-order valence-electron chi connectivity index (χ1n) is 3.81. The van der Waals surface area contributed by atoms with Gasteiger partial charge in [-0.2, -0.15) is 5.26 Å². The van der Waals surface area contributed by atoms with Crippen LogP contribution in [0.4, 0.5) is 0 Å². The van der Waals surface area contributed by atoms with E-state index in [1.54, 1.807) is 6.92 Å². The molecule has 0 N–H and O–H groups in total. The van der Waals surface area contributed by atoms with Crippen LogP contribution in [0, 0.1) is 10.7 Å². The Morgan fingerprint density at radius 2 is 2.15 bits per heavy atom. The summed E-state index contributed by atoms with van der Waals surface area (Å²) in [6.07, 6.45) is 0.170. The van der Waals surface area contributed by atoms with Gasteiger partial charge < -0.3 is 4.74 Å². The summed E-state index contributed by atoms with van der Waals surface area (Å²) in [7, 11) is -3.63. The highest BCUT2D eigenvalue weighted by Crippen LogP contribution is 1.97. The molecule has 0 bridgehead atoms. The van der Waals surface area contributed by atoms with E-state index < -0.39 is 15.8 Å². The summed E-state index contributed by atoms with van der Waals surface area (Å²) >= 11 is 0. The molecule has 0 saturated heterocycles. The molecule has 0 aliphatic rings. The first-order chi connectivity index (χ1) is 6.02. The van der Waals surface area contributed by atoms with E-state index in [4.69, 9.17) is 5.26 Å². The summed E-state index contributed by atoms with van der Waals surface area (Å²) in [6.45, 7) is 1.95. The van der Waals surface area contributed by atoms with Crippen molar-refractivity contribution in [2.24, 2.45) is 0 Å². The van der Waals surface area contributed by atoms with Crippen LogP contribution >= 0.6 is 0 Å². The fourth-order valence-electron chi connectivity index (χ4n) is 0.685. The molecule has 0 amide bonds. The standard InChI is InChI=1S/C7H11NO4S/c1-2-12-7(9)4-3-5-13(10,11)6-8/h2-5H2,1H3. The van der Waals surface area contributed by atoms with Crippen molar-refractivity contribution in [3.8, 4) is 5.40 Å². The molecule has 0 aromatic carbocycles. The van der Waals surface area contributed by atoms with Crippen LogP contribution in [0.5, 0.6) is 0 Å². The van der Waals surface area contributed by atoms with E-state index in [1.165, 1.54) is 5.40 Å². The Morgan fingerprint density at radius 3 is 2.62 bits per heavy atom. The molecule has 0 rings (SSSR count). The van der Waals surface area contributed by atoms with Crippen LogP contribution in [-0.4, -0.2) is 26.7 Å². The Kier molecular flexibility index (Phi) is 5.07. The minimum absolute atomic E-state index is 0.0365. The third-order valence-corrected chi connectivity index (χ3v) is 2.34. The molecule has 0 aromatic rings. The minimum atomic E-state index is -3.63. The van der Waals surface area contributed by atoms with Gasteiger partial charge >= 0.3 is 5.97 Å². The summed E-state index contributed by atoms with van der Waals surface area (Å²) in [6, 6.07) is 0. The zero-order chi connectivity index (χ0) is 10.3. The highest BCUT2D eigenvalue weighted by molar-refractivity contribution is 7.95. The van der Waals surface area contributed by atoms with Gasteiger partial charge in [0.1, 0.15) is 0 Å². The number of nitriles is 1. The Bertz CT molecular complexity index is 301. The summed E-state index contributed by atoms with van der Waals surface area (Å²) in [4.78, 5) is 10.7. The van der Waals surface area contributed by atoms with E-state index in [1.807, 2.05) is 0 Å². The van der Waals surface area contributed by atoms with Gasteiger partial charge in [0.15, 0.2) is 5.40 Å². The molecule has 0 spiro atoms. The Hall–Kier alpha value is -1.09. The van der Waals surface area contributed by atoms with E-state index in [0.29, 0.717) is 0 Å². The Labute approximate surface area is 77.2 Å². The van der Waals surface area contributed by atoms with Crippen molar-refractivity contribution in [1.29, 1.82) is 5.26 Å². The quantitative estimate of drug-likeness (QED) is 0.364. The topological polar surface area (TPSA) is 84.2 Å². The van der Waals surface area contributed by atoms with Gasteiger partial charge in [-0.1, -0.05) is 0 Å². The second kappa shape index (κ2) is 5.54. The molecule has 0 saturated carbocycles. The molecule has 0 aliphatic heterocycles. The summed E-state index contributed by atoms with van der Waals surface area (Å²) in [5, 5.41) is 9.28. The third-order valence-electron chi connectivity index (χ3n) is 1.24. The van der Waals surface area contributed by atoms with Crippen LogP contribution in [0.15, 0.2) is 0 Å². The van der Waals surface area contributed by atoms with Gasteiger partial charge in [0.05, 0.1) is 12.4 Å². The number of carbonyl (C=O) groups is 1. The highest BCUT2D eigenvalue weighted by Gasteiger charge is 2.10. The number of sulfone groups is 1. The third kappa shape index (κ3) is 6.11. The molecule has 74 valence electrons. The van der Waals surface area contributed by atoms with Gasteiger partial charge in [0.2, 0.25) is 9.84 Å². The van der Waals surface area contributed by atoms with E-state index in [9.17, 15) is 13.2 Å². The number of esters is 1. The lowest BCUT2D eigenvalue weighted by molar-refractivity contribution is -0.143. The van der Waals surface area contributed by atoms with Gasteiger partial charge in [-0.25, -0.2) is 8.42 Å². The number of thiocyanates is 1. The lowest BCUT2D eigenvalue weighted by atomic mass is 10.3. The molecule has 0 aromatic heterocycles. The lowest BCUT2D eigenvalue weighted by Gasteiger charge is -1.99. The number of nitrogens with zero attached hydrogens (tertiary/aromatic N) is 1. The second-order valence-corrected chi connectivity index (χ2v) is 4.14. The number of hydrogen-bond acceptors (Lipinski definition) is 5. The van der Waals surface area contributed by atoms with Crippen LogP contribution in [0.2, 0.25) is 0 Å². The molecule has 0 unspecified atom stereocenters. The first kappa shape index (κ1) is 11.9. The molecule has 13 heavy (non-hydrogen) atoms. The van der Waals surface area contributed by atoms with Gasteiger partial charge in [-0.3, -0.25) is 4.79 Å². The molecule has 0 heterocycles. The first-order valence-corrected chi connectivity index (χ1v) is 5.46. The fourth-order valence-corrected chi connectivity index (χ4v) is 1.30. The van der Waals surface area contributed by atoms with Crippen LogP contribution in [-0.2, 0) is 19.4 Å². The van der Waals surface area contributed by atoms with Crippen LogP contribution in [0.3, 0.4) is 0 Å². The van der Waals surface area contributed by atoms with Crippen molar-refractivity contribution < 1.29 is 17.9 Å². The zero-order valence-corrected chi connectivity index (χ0v) is 8.13. The summed E-state index contributed by atoms with van der Waals surface area (Å²) in [5.41, 5.74) is 0. The maximum atomic E-state index is 10.7. The predicted octanol–water partition coefficient (Wildman–Crippen LogP) is 0.226. The second-order valence-electron chi connectivity index (χ2n) is 2.32. The number of ether oxygens (including phenoxy) is 1. The summed E-state index contributed by atoms with van der Waals surface area (Å²) < 4.78 is 25.8. The van der Waals surface area contributed by atoms with Crippen LogP contribution in [0.25, 0.3) is 0 Å². The van der Waals surface area contributed by atoms with Gasteiger partial charge in [0.25, 0.3) is 0 Å². The van der Waals surface area contributed by atoms with Crippen molar-refractivity contribution in [1.82, 2.24) is 0 Å². The average Bonchev–Trinajstić information content (AvgIpc) is 2.05. The van der Waals surface area contributed by atoms with Gasteiger partial charge in [-0.05, 0) is 13.3 Å². The van der Waals surface area contributed by atoms with E-state index >= 15 is 0 Å². The number of hydrogen-bond donors (Lipinski definition) is 0. The van der Waals surface area contributed by atoms with Crippen molar-refractivity contribution in [2.75, 3.05) is 12.4 Å². The predicted molar refractivity (Wildman–Crippen MR) is 45.3 cm³/mol. The van der Waals surface area contributed by atoms with E-state index in [0.717, 1.165) is 0 Å². The van der Waals surface area contributed by atoms with E-state index in [-0.39, 0.29) is 25.2 Å². The van der Waals surface area contributed by atoms with Crippen molar-refractivity contribution >= 4 is 15.8 Å². The SMILES string of the molecule is CCOC(=O)CCCS(=O)(=O)C#N. The Morgan fingerprint density at radius 1 is 1.54 bits per heavy atom. The molecule has 5 nitrogen and oxygen atoms in total. The molecule has 0 fully saturated rings. The Balaban J connectivity index is 3.71. The molecule has 0 aliphatic carbocycles. The highest BCUT2D eigenvalue weighted by atomic mass is 32.2. The minimum Gasteiger partial charge on any atom is -0.466 e.